The molecular formula is C21H17FO3. The molecule has 0 fully saturated rings. The second-order valence-corrected chi connectivity index (χ2v) is 5.67. The van der Waals surface area contributed by atoms with Crippen LogP contribution in [0.5, 0.6) is 5.75 Å². The molecule has 0 aromatic heterocycles. The third kappa shape index (κ3) is 4.44. The first-order chi connectivity index (χ1) is 12.1. The lowest BCUT2D eigenvalue weighted by molar-refractivity contribution is -0.145. The number of carbonyl (C=O) groups is 1. The molecule has 3 rings (SSSR count). The van der Waals surface area contributed by atoms with Crippen LogP contribution < -0.4 is 4.74 Å². The minimum atomic E-state index is -1.06. The van der Waals surface area contributed by atoms with Crippen molar-refractivity contribution in [3.8, 4) is 16.9 Å². The fraction of sp³-hybridized carbons (Fsp3) is 0.0952. The molecule has 1 N–H and O–H groups in total. The molecule has 4 heteroatoms. The standard InChI is InChI=1S/C21H17FO3/c22-18-10-6-15(7-11-18)14-20(21(23)24)25-19-12-8-17(9-13-19)16-4-2-1-3-5-16/h1-13,20H,14H2,(H,23,24)/t20-/m1/s1. The van der Waals surface area contributed by atoms with Gasteiger partial charge in [-0.05, 0) is 41.0 Å². The number of aliphatic carboxylic acids is 1. The van der Waals surface area contributed by atoms with Gasteiger partial charge in [-0.15, -0.1) is 0 Å². The van der Waals surface area contributed by atoms with E-state index in [1.165, 1.54) is 12.1 Å². The van der Waals surface area contributed by atoms with Crippen LogP contribution in [0.4, 0.5) is 4.39 Å². The van der Waals surface area contributed by atoms with E-state index in [0.29, 0.717) is 11.3 Å². The fourth-order valence-corrected chi connectivity index (χ4v) is 2.53. The van der Waals surface area contributed by atoms with Crippen molar-refractivity contribution in [1.29, 1.82) is 0 Å². The summed E-state index contributed by atoms with van der Waals surface area (Å²) in [7, 11) is 0. The summed E-state index contributed by atoms with van der Waals surface area (Å²) in [5, 5.41) is 9.38. The van der Waals surface area contributed by atoms with Gasteiger partial charge in [0, 0.05) is 6.42 Å². The number of carboxylic acid groups (broad SMARTS) is 1. The number of carboxylic acids is 1. The summed E-state index contributed by atoms with van der Waals surface area (Å²) >= 11 is 0. The highest BCUT2D eigenvalue weighted by molar-refractivity contribution is 5.73. The molecule has 3 aromatic carbocycles. The Morgan fingerprint density at radius 1 is 0.880 bits per heavy atom. The smallest absolute Gasteiger partial charge is 0.345 e. The molecule has 0 spiro atoms. The number of rotatable bonds is 6. The van der Waals surface area contributed by atoms with Gasteiger partial charge in [-0.1, -0.05) is 54.6 Å². The zero-order valence-corrected chi connectivity index (χ0v) is 13.4. The highest BCUT2D eigenvalue weighted by Crippen LogP contribution is 2.23. The molecule has 0 unspecified atom stereocenters. The van der Waals surface area contributed by atoms with Gasteiger partial charge in [0.1, 0.15) is 11.6 Å². The van der Waals surface area contributed by atoms with E-state index < -0.39 is 12.1 Å². The van der Waals surface area contributed by atoms with Gasteiger partial charge in [-0.3, -0.25) is 0 Å². The van der Waals surface area contributed by atoms with E-state index in [2.05, 4.69) is 0 Å². The Morgan fingerprint density at radius 3 is 2.08 bits per heavy atom. The SMILES string of the molecule is O=C(O)[C@@H](Cc1ccc(F)cc1)Oc1ccc(-c2ccccc2)cc1. The van der Waals surface area contributed by atoms with E-state index in [1.807, 2.05) is 42.5 Å². The maximum absolute atomic E-state index is 13.0. The third-order valence-electron chi connectivity index (χ3n) is 3.85. The molecule has 0 saturated carbocycles. The monoisotopic (exact) mass is 336 g/mol. The van der Waals surface area contributed by atoms with Crippen LogP contribution in [0.2, 0.25) is 0 Å². The Labute approximate surface area is 145 Å². The van der Waals surface area contributed by atoms with Gasteiger partial charge in [-0.2, -0.15) is 0 Å². The number of hydrogen-bond donors (Lipinski definition) is 1. The maximum Gasteiger partial charge on any atom is 0.345 e. The van der Waals surface area contributed by atoms with Crippen molar-refractivity contribution in [3.05, 3.63) is 90.2 Å². The van der Waals surface area contributed by atoms with Crippen LogP contribution in [0.25, 0.3) is 11.1 Å². The molecule has 0 aliphatic carbocycles. The van der Waals surface area contributed by atoms with Gasteiger partial charge >= 0.3 is 5.97 Å². The van der Waals surface area contributed by atoms with Gasteiger partial charge in [0.05, 0.1) is 0 Å². The van der Waals surface area contributed by atoms with Crippen LogP contribution in [0.3, 0.4) is 0 Å². The van der Waals surface area contributed by atoms with Crippen molar-refractivity contribution in [2.24, 2.45) is 0 Å². The average molecular weight is 336 g/mol. The minimum Gasteiger partial charge on any atom is -0.478 e. The van der Waals surface area contributed by atoms with Crippen molar-refractivity contribution in [3.63, 3.8) is 0 Å². The summed E-state index contributed by atoms with van der Waals surface area (Å²) in [5.41, 5.74) is 2.81. The van der Waals surface area contributed by atoms with E-state index in [0.717, 1.165) is 11.1 Å². The van der Waals surface area contributed by atoms with Crippen LogP contribution in [0.1, 0.15) is 5.56 Å². The maximum atomic E-state index is 13.0. The second-order valence-electron chi connectivity index (χ2n) is 5.67. The lowest BCUT2D eigenvalue weighted by Crippen LogP contribution is -2.29. The summed E-state index contributed by atoms with van der Waals surface area (Å²) in [6, 6.07) is 22.9. The van der Waals surface area contributed by atoms with E-state index >= 15 is 0 Å². The number of ether oxygens (including phenoxy) is 1. The first-order valence-corrected chi connectivity index (χ1v) is 7.91. The van der Waals surface area contributed by atoms with Gasteiger partial charge < -0.3 is 9.84 Å². The van der Waals surface area contributed by atoms with Crippen molar-refractivity contribution in [1.82, 2.24) is 0 Å². The topological polar surface area (TPSA) is 46.5 Å². The van der Waals surface area contributed by atoms with Gasteiger partial charge in [-0.25, -0.2) is 9.18 Å². The molecule has 0 aliphatic heterocycles. The average Bonchev–Trinajstić information content (AvgIpc) is 2.64. The van der Waals surface area contributed by atoms with Gasteiger partial charge in [0.2, 0.25) is 0 Å². The van der Waals surface area contributed by atoms with E-state index in [9.17, 15) is 14.3 Å². The highest BCUT2D eigenvalue weighted by Gasteiger charge is 2.20. The molecule has 3 aromatic rings. The van der Waals surface area contributed by atoms with E-state index in [-0.39, 0.29) is 12.2 Å². The predicted molar refractivity (Wildman–Crippen MR) is 94.0 cm³/mol. The Morgan fingerprint density at radius 2 is 1.48 bits per heavy atom. The molecule has 126 valence electrons. The van der Waals surface area contributed by atoms with Crippen molar-refractivity contribution in [2.45, 2.75) is 12.5 Å². The molecule has 0 radical (unpaired) electrons. The molecular weight excluding hydrogens is 319 g/mol. The molecule has 25 heavy (non-hydrogen) atoms. The highest BCUT2D eigenvalue weighted by atomic mass is 19.1. The summed E-state index contributed by atoms with van der Waals surface area (Å²) in [4.78, 5) is 11.5. The number of hydrogen-bond acceptors (Lipinski definition) is 2. The number of benzene rings is 3. The molecule has 0 bridgehead atoms. The van der Waals surface area contributed by atoms with Gasteiger partial charge in [0.15, 0.2) is 6.10 Å². The lowest BCUT2D eigenvalue weighted by Gasteiger charge is -2.15. The van der Waals surface area contributed by atoms with Gasteiger partial charge in [0.25, 0.3) is 0 Å². The summed E-state index contributed by atoms with van der Waals surface area (Å²) < 4.78 is 18.6. The van der Waals surface area contributed by atoms with E-state index in [1.54, 1.807) is 24.3 Å². The van der Waals surface area contributed by atoms with Crippen LogP contribution in [-0.2, 0) is 11.2 Å². The Bertz CT molecular complexity index is 827. The molecule has 3 nitrogen and oxygen atoms in total. The Balaban J connectivity index is 1.72. The largest absolute Gasteiger partial charge is 0.478 e. The van der Waals surface area contributed by atoms with Crippen molar-refractivity contribution < 1.29 is 19.0 Å². The molecule has 0 saturated heterocycles. The Hall–Kier alpha value is -3.14. The van der Waals surface area contributed by atoms with Crippen molar-refractivity contribution in [2.75, 3.05) is 0 Å². The Kier molecular flexibility index (Phi) is 5.09. The van der Waals surface area contributed by atoms with Crippen LogP contribution in [0.15, 0.2) is 78.9 Å². The second kappa shape index (κ2) is 7.62. The summed E-state index contributed by atoms with van der Waals surface area (Å²) in [6.07, 6.45) is -0.871. The molecule has 0 aliphatic rings. The quantitative estimate of drug-likeness (QED) is 0.717. The normalized spacial score (nSPS) is 11.7. The number of halogens is 1. The first-order valence-electron chi connectivity index (χ1n) is 7.91. The van der Waals surface area contributed by atoms with Crippen LogP contribution in [-0.4, -0.2) is 17.2 Å². The lowest BCUT2D eigenvalue weighted by atomic mass is 10.1. The summed E-state index contributed by atoms with van der Waals surface area (Å²) in [6.45, 7) is 0. The molecule has 0 amide bonds. The van der Waals surface area contributed by atoms with Crippen LogP contribution >= 0.6 is 0 Å². The van der Waals surface area contributed by atoms with Crippen molar-refractivity contribution >= 4 is 5.97 Å². The van der Waals surface area contributed by atoms with E-state index in [4.69, 9.17) is 4.74 Å². The molecule has 1 atom stereocenters. The minimum absolute atomic E-state index is 0.163. The summed E-state index contributed by atoms with van der Waals surface area (Å²) in [5.74, 6) is -0.932. The zero-order chi connectivity index (χ0) is 17.6. The first kappa shape index (κ1) is 16.7. The predicted octanol–water partition coefficient (Wildman–Crippen LogP) is 4.57. The fourth-order valence-electron chi connectivity index (χ4n) is 2.53. The molecule has 0 heterocycles. The van der Waals surface area contributed by atoms with Crippen LogP contribution in [0, 0.1) is 5.82 Å². The zero-order valence-electron chi connectivity index (χ0n) is 13.4. The third-order valence-corrected chi connectivity index (χ3v) is 3.85.